The van der Waals surface area contributed by atoms with E-state index in [-0.39, 0.29) is 17.7 Å². The number of nitrogens with zero attached hydrogens (tertiary/aromatic N) is 2. The molecule has 0 aromatic heterocycles. The highest BCUT2D eigenvalue weighted by Crippen LogP contribution is 2.32. The summed E-state index contributed by atoms with van der Waals surface area (Å²) in [6.07, 6.45) is 7.00. The molecule has 7 heteroatoms. The van der Waals surface area contributed by atoms with Gasteiger partial charge >= 0.3 is 0 Å². The number of rotatable bonds is 2. The predicted molar refractivity (Wildman–Crippen MR) is 115 cm³/mol. The van der Waals surface area contributed by atoms with Crippen molar-refractivity contribution < 1.29 is 14.4 Å². The van der Waals surface area contributed by atoms with E-state index < -0.39 is 11.7 Å². The summed E-state index contributed by atoms with van der Waals surface area (Å²) in [6, 6.07) is 6.96. The number of anilines is 1. The van der Waals surface area contributed by atoms with E-state index >= 15 is 0 Å². The molecule has 1 spiro atoms. The molecule has 0 radical (unpaired) electrons. The van der Waals surface area contributed by atoms with Crippen molar-refractivity contribution in [1.82, 2.24) is 15.1 Å². The number of amides is 3. The Kier molecular flexibility index (Phi) is 5.97. The monoisotopic (exact) mass is 412 g/mol. The molecule has 1 aromatic carbocycles. The Balaban J connectivity index is 1.46. The second-order valence-electron chi connectivity index (χ2n) is 8.81. The van der Waals surface area contributed by atoms with Crippen LogP contribution in [0.5, 0.6) is 0 Å². The lowest BCUT2D eigenvalue weighted by molar-refractivity contribution is -0.145. The van der Waals surface area contributed by atoms with Crippen LogP contribution in [0.2, 0.25) is 0 Å². The molecule has 30 heavy (non-hydrogen) atoms. The summed E-state index contributed by atoms with van der Waals surface area (Å²) >= 11 is 0. The van der Waals surface area contributed by atoms with Crippen molar-refractivity contribution in [3.8, 4) is 0 Å². The zero-order valence-electron chi connectivity index (χ0n) is 17.8. The Labute approximate surface area is 178 Å². The van der Waals surface area contributed by atoms with Crippen molar-refractivity contribution in [2.45, 2.75) is 70.0 Å². The Morgan fingerprint density at radius 1 is 0.967 bits per heavy atom. The van der Waals surface area contributed by atoms with Crippen molar-refractivity contribution in [2.24, 2.45) is 0 Å². The topological polar surface area (TPSA) is 81.8 Å². The molecule has 0 bridgehead atoms. The third-order valence-electron chi connectivity index (χ3n) is 6.76. The van der Waals surface area contributed by atoms with E-state index in [2.05, 4.69) is 10.6 Å². The van der Waals surface area contributed by atoms with Gasteiger partial charge < -0.3 is 20.4 Å². The van der Waals surface area contributed by atoms with Gasteiger partial charge in [0, 0.05) is 38.2 Å². The molecule has 3 heterocycles. The lowest BCUT2D eigenvalue weighted by Gasteiger charge is -2.40. The highest BCUT2D eigenvalue weighted by Gasteiger charge is 2.42. The molecule has 2 N–H and O–H groups in total. The number of carbonyl (C=O) groups excluding carboxylic acids is 3. The third kappa shape index (κ3) is 4.16. The SMILES string of the molecule is CC(C(=O)N1CCCCCCC1)N1CCC2(CCC1=O)NC(=O)c1ccccc1N2. The fraction of sp³-hybridized carbons (Fsp3) is 0.609. The number of benzene rings is 1. The molecule has 0 aliphatic carbocycles. The molecule has 3 aliphatic heterocycles. The molecule has 3 amide bonds. The Morgan fingerprint density at radius 3 is 2.43 bits per heavy atom. The number of likely N-dealkylation sites (tertiary alicyclic amines) is 2. The molecule has 0 saturated carbocycles. The van der Waals surface area contributed by atoms with E-state index in [0.717, 1.165) is 44.5 Å². The number of hydrogen-bond donors (Lipinski definition) is 2. The molecule has 2 fully saturated rings. The second kappa shape index (κ2) is 8.66. The molecule has 162 valence electrons. The lowest BCUT2D eigenvalue weighted by Crippen LogP contribution is -2.58. The summed E-state index contributed by atoms with van der Waals surface area (Å²) in [7, 11) is 0. The minimum absolute atomic E-state index is 0.0188. The van der Waals surface area contributed by atoms with Crippen LogP contribution in [0.25, 0.3) is 0 Å². The third-order valence-corrected chi connectivity index (χ3v) is 6.76. The average Bonchev–Trinajstić information content (AvgIpc) is 2.86. The highest BCUT2D eigenvalue weighted by molar-refractivity contribution is 6.02. The van der Waals surface area contributed by atoms with Gasteiger partial charge in [-0.2, -0.15) is 0 Å². The van der Waals surface area contributed by atoms with Gasteiger partial charge in [-0.15, -0.1) is 0 Å². The number of carbonyl (C=O) groups is 3. The molecule has 2 atom stereocenters. The normalized spacial score (nSPS) is 26.0. The van der Waals surface area contributed by atoms with Gasteiger partial charge in [-0.3, -0.25) is 14.4 Å². The van der Waals surface area contributed by atoms with E-state index in [1.807, 2.05) is 30.0 Å². The van der Waals surface area contributed by atoms with E-state index in [1.54, 1.807) is 11.0 Å². The van der Waals surface area contributed by atoms with Gasteiger partial charge in [0.25, 0.3) is 5.91 Å². The van der Waals surface area contributed by atoms with Crippen LogP contribution in [-0.4, -0.2) is 58.9 Å². The Morgan fingerprint density at radius 2 is 1.67 bits per heavy atom. The Hall–Kier alpha value is -2.57. The lowest BCUT2D eigenvalue weighted by atomic mass is 9.95. The summed E-state index contributed by atoms with van der Waals surface area (Å²) in [6.45, 7) is 3.85. The van der Waals surface area contributed by atoms with Crippen LogP contribution in [0.3, 0.4) is 0 Å². The van der Waals surface area contributed by atoms with Crippen molar-refractivity contribution in [2.75, 3.05) is 25.0 Å². The molecule has 3 aliphatic rings. The molecule has 1 aromatic rings. The van der Waals surface area contributed by atoms with Crippen LogP contribution in [-0.2, 0) is 9.59 Å². The second-order valence-corrected chi connectivity index (χ2v) is 8.81. The molecule has 2 saturated heterocycles. The van der Waals surface area contributed by atoms with Crippen molar-refractivity contribution in [3.05, 3.63) is 29.8 Å². The van der Waals surface area contributed by atoms with Crippen molar-refractivity contribution in [1.29, 1.82) is 0 Å². The first-order valence-corrected chi connectivity index (χ1v) is 11.3. The molecular formula is C23H32N4O3. The van der Waals surface area contributed by atoms with Gasteiger partial charge in [-0.05, 0) is 38.3 Å². The highest BCUT2D eigenvalue weighted by atomic mass is 16.2. The summed E-state index contributed by atoms with van der Waals surface area (Å²) in [5.74, 6) is -0.0862. The standard InChI is InChI=1S/C23H32N4O3/c1-17(22(30)26-14-7-3-2-4-8-15-26)27-16-13-23(12-11-20(27)28)24-19-10-6-5-9-18(19)21(29)25-23/h5-6,9-10,17,24H,2-4,7-8,11-16H2,1H3,(H,25,29). The van der Waals surface area contributed by atoms with Crippen LogP contribution in [0, 0.1) is 0 Å². The average molecular weight is 413 g/mol. The molecule has 4 rings (SSSR count). The van der Waals surface area contributed by atoms with E-state index in [9.17, 15) is 14.4 Å². The van der Waals surface area contributed by atoms with Gasteiger partial charge in [0.05, 0.1) is 5.56 Å². The maximum atomic E-state index is 13.2. The van der Waals surface area contributed by atoms with Gasteiger partial charge in [0.2, 0.25) is 11.8 Å². The van der Waals surface area contributed by atoms with Crippen LogP contribution in [0.4, 0.5) is 5.69 Å². The first-order valence-electron chi connectivity index (χ1n) is 11.3. The summed E-state index contributed by atoms with van der Waals surface area (Å²) in [4.78, 5) is 42.4. The quantitative estimate of drug-likeness (QED) is 0.783. The fourth-order valence-electron chi connectivity index (χ4n) is 4.91. The van der Waals surface area contributed by atoms with E-state index in [1.165, 1.54) is 6.42 Å². The largest absolute Gasteiger partial charge is 0.362 e. The van der Waals surface area contributed by atoms with Crippen LogP contribution >= 0.6 is 0 Å². The van der Waals surface area contributed by atoms with E-state index in [0.29, 0.717) is 31.4 Å². The van der Waals surface area contributed by atoms with Gasteiger partial charge in [-0.25, -0.2) is 0 Å². The number of fused-ring (bicyclic) bond motifs is 1. The molecular weight excluding hydrogens is 380 g/mol. The Bertz CT molecular complexity index is 818. The van der Waals surface area contributed by atoms with Crippen molar-refractivity contribution in [3.63, 3.8) is 0 Å². The van der Waals surface area contributed by atoms with Crippen LogP contribution in [0.1, 0.15) is 68.6 Å². The molecule has 2 unspecified atom stereocenters. The zero-order chi connectivity index (χ0) is 21.1. The predicted octanol–water partition coefficient (Wildman–Crippen LogP) is 2.73. The van der Waals surface area contributed by atoms with Crippen molar-refractivity contribution >= 4 is 23.4 Å². The summed E-state index contributed by atoms with van der Waals surface area (Å²) < 4.78 is 0. The zero-order valence-corrected chi connectivity index (χ0v) is 17.8. The first-order chi connectivity index (χ1) is 14.5. The number of para-hydroxylation sites is 1. The number of hydrogen-bond acceptors (Lipinski definition) is 4. The minimum Gasteiger partial charge on any atom is -0.362 e. The van der Waals surface area contributed by atoms with Gasteiger partial charge in [-0.1, -0.05) is 31.4 Å². The van der Waals surface area contributed by atoms with E-state index in [4.69, 9.17) is 0 Å². The first kappa shape index (κ1) is 20.7. The van der Waals surface area contributed by atoms with Gasteiger partial charge in [0.1, 0.15) is 11.7 Å². The van der Waals surface area contributed by atoms with Crippen LogP contribution < -0.4 is 10.6 Å². The summed E-state index contributed by atoms with van der Waals surface area (Å²) in [5.41, 5.74) is 0.766. The number of nitrogens with one attached hydrogen (secondary N) is 2. The molecule has 7 nitrogen and oxygen atoms in total. The fourth-order valence-corrected chi connectivity index (χ4v) is 4.91. The van der Waals surface area contributed by atoms with Crippen LogP contribution in [0.15, 0.2) is 24.3 Å². The smallest absolute Gasteiger partial charge is 0.255 e. The minimum atomic E-state index is -0.654. The maximum Gasteiger partial charge on any atom is 0.255 e. The van der Waals surface area contributed by atoms with Gasteiger partial charge in [0.15, 0.2) is 0 Å². The summed E-state index contributed by atoms with van der Waals surface area (Å²) in [5, 5.41) is 6.56. The maximum absolute atomic E-state index is 13.2.